The minimum Gasteiger partial charge on any atom is -0.378 e. The van der Waals surface area contributed by atoms with Gasteiger partial charge in [0.25, 0.3) is 0 Å². The first-order valence-corrected chi connectivity index (χ1v) is 8.65. The summed E-state index contributed by atoms with van der Waals surface area (Å²) in [4.78, 5) is 14.8. The standard InChI is InChI=1S/C16H29N3O2/c1-2-17-12-5-7-14(8-6-12)19-9-10-21-11-15(19)16(20)18-13-3-4-13/h12-15,17H,2-11H2,1H3,(H,18,20). The molecule has 1 amide bonds. The van der Waals surface area contributed by atoms with Crippen LogP contribution in [-0.2, 0) is 9.53 Å². The number of morpholine rings is 1. The molecule has 120 valence electrons. The van der Waals surface area contributed by atoms with Crippen molar-refractivity contribution < 1.29 is 9.53 Å². The van der Waals surface area contributed by atoms with E-state index in [0.29, 0.717) is 24.7 Å². The van der Waals surface area contributed by atoms with E-state index in [1.54, 1.807) is 0 Å². The van der Waals surface area contributed by atoms with Crippen molar-refractivity contribution in [1.29, 1.82) is 0 Å². The van der Waals surface area contributed by atoms with Crippen LogP contribution >= 0.6 is 0 Å². The lowest BCUT2D eigenvalue weighted by Gasteiger charge is -2.43. The van der Waals surface area contributed by atoms with Crippen LogP contribution in [0.4, 0.5) is 0 Å². The Labute approximate surface area is 127 Å². The highest BCUT2D eigenvalue weighted by atomic mass is 16.5. The van der Waals surface area contributed by atoms with Crippen molar-refractivity contribution in [2.24, 2.45) is 0 Å². The zero-order valence-electron chi connectivity index (χ0n) is 13.1. The number of nitrogens with one attached hydrogen (secondary N) is 2. The Morgan fingerprint density at radius 3 is 2.52 bits per heavy atom. The SMILES string of the molecule is CCNC1CCC(N2CCOCC2C(=O)NC2CC2)CC1. The topological polar surface area (TPSA) is 53.6 Å². The summed E-state index contributed by atoms with van der Waals surface area (Å²) in [6.45, 7) is 5.46. The highest BCUT2D eigenvalue weighted by Gasteiger charge is 2.37. The molecule has 1 aliphatic heterocycles. The van der Waals surface area contributed by atoms with Crippen molar-refractivity contribution in [2.45, 2.75) is 69.6 Å². The van der Waals surface area contributed by atoms with Crippen LogP contribution in [-0.4, -0.2) is 61.3 Å². The molecule has 0 spiro atoms. The fourth-order valence-corrected chi connectivity index (χ4v) is 3.71. The van der Waals surface area contributed by atoms with Gasteiger partial charge in [-0.05, 0) is 45.1 Å². The van der Waals surface area contributed by atoms with Crippen LogP contribution < -0.4 is 10.6 Å². The van der Waals surface area contributed by atoms with Crippen molar-refractivity contribution in [2.75, 3.05) is 26.3 Å². The minimum atomic E-state index is -0.0694. The van der Waals surface area contributed by atoms with E-state index >= 15 is 0 Å². The van der Waals surface area contributed by atoms with Gasteiger partial charge < -0.3 is 15.4 Å². The highest BCUT2D eigenvalue weighted by Crippen LogP contribution is 2.27. The largest absolute Gasteiger partial charge is 0.378 e. The van der Waals surface area contributed by atoms with Gasteiger partial charge in [0.05, 0.1) is 13.2 Å². The smallest absolute Gasteiger partial charge is 0.239 e. The average molecular weight is 295 g/mol. The molecule has 3 aliphatic rings. The minimum absolute atomic E-state index is 0.0694. The molecule has 0 aromatic heterocycles. The van der Waals surface area contributed by atoms with Gasteiger partial charge in [0.15, 0.2) is 0 Å². The maximum absolute atomic E-state index is 12.4. The van der Waals surface area contributed by atoms with E-state index in [0.717, 1.165) is 32.5 Å². The molecule has 2 saturated carbocycles. The van der Waals surface area contributed by atoms with Crippen LogP contribution in [0.2, 0.25) is 0 Å². The van der Waals surface area contributed by atoms with E-state index in [1.807, 2.05) is 0 Å². The molecule has 0 aromatic carbocycles. The summed E-state index contributed by atoms with van der Waals surface area (Å²) in [6.07, 6.45) is 7.15. The van der Waals surface area contributed by atoms with Crippen LogP contribution in [0, 0.1) is 0 Å². The predicted octanol–water partition coefficient (Wildman–Crippen LogP) is 0.887. The maximum atomic E-state index is 12.4. The third kappa shape index (κ3) is 3.96. The maximum Gasteiger partial charge on any atom is 0.239 e. The molecule has 1 atom stereocenters. The van der Waals surface area contributed by atoms with E-state index in [1.165, 1.54) is 25.7 Å². The first-order valence-electron chi connectivity index (χ1n) is 8.65. The summed E-state index contributed by atoms with van der Waals surface area (Å²) < 4.78 is 5.57. The molecule has 21 heavy (non-hydrogen) atoms. The zero-order chi connectivity index (χ0) is 14.7. The van der Waals surface area contributed by atoms with Gasteiger partial charge in [-0.1, -0.05) is 6.92 Å². The third-order valence-corrected chi connectivity index (χ3v) is 5.05. The lowest BCUT2D eigenvalue weighted by Crippen LogP contribution is -2.58. The Kier molecular flexibility index (Phi) is 5.14. The first kappa shape index (κ1) is 15.3. The number of carbonyl (C=O) groups excluding carboxylic acids is 1. The van der Waals surface area contributed by atoms with Gasteiger partial charge in [-0.25, -0.2) is 0 Å². The molecule has 0 radical (unpaired) electrons. The van der Waals surface area contributed by atoms with Crippen LogP contribution in [0.1, 0.15) is 45.4 Å². The molecular weight excluding hydrogens is 266 g/mol. The van der Waals surface area contributed by atoms with Crippen molar-refractivity contribution in [3.63, 3.8) is 0 Å². The number of rotatable bonds is 5. The zero-order valence-corrected chi connectivity index (χ0v) is 13.1. The van der Waals surface area contributed by atoms with Crippen molar-refractivity contribution in [1.82, 2.24) is 15.5 Å². The quantitative estimate of drug-likeness (QED) is 0.791. The lowest BCUT2D eigenvalue weighted by molar-refractivity contribution is -0.135. The molecule has 0 bridgehead atoms. The van der Waals surface area contributed by atoms with Crippen molar-refractivity contribution in [3.8, 4) is 0 Å². The van der Waals surface area contributed by atoms with Gasteiger partial charge in [0, 0.05) is 24.7 Å². The van der Waals surface area contributed by atoms with E-state index in [4.69, 9.17) is 4.74 Å². The number of hydrogen-bond acceptors (Lipinski definition) is 4. The fourth-order valence-electron chi connectivity index (χ4n) is 3.71. The normalized spacial score (nSPS) is 34.6. The molecular formula is C16H29N3O2. The van der Waals surface area contributed by atoms with Gasteiger partial charge in [-0.3, -0.25) is 9.69 Å². The molecule has 1 unspecified atom stereocenters. The number of ether oxygens (including phenoxy) is 1. The Morgan fingerprint density at radius 2 is 1.86 bits per heavy atom. The molecule has 0 aromatic rings. The number of hydrogen-bond donors (Lipinski definition) is 2. The summed E-state index contributed by atoms with van der Waals surface area (Å²) in [7, 11) is 0. The van der Waals surface area contributed by atoms with Crippen LogP contribution in [0.15, 0.2) is 0 Å². The predicted molar refractivity (Wildman–Crippen MR) is 82.2 cm³/mol. The summed E-state index contributed by atoms with van der Waals surface area (Å²) >= 11 is 0. The second kappa shape index (κ2) is 7.07. The van der Waals surface area contributed by atoms with E-state index < -0.39 is 0 Å². The third-order valence-electron chi connectivity index (χ3n) is 5.05. The molecule has 3 fully saturated rings. The van der Waals surface area contributed by atoms with Crippen molar-refractivity contribution in [3.05, 3.63) is 0 Å². The van der Waals surface area contributed by atoms with Gasteiger partial charge in [-0.15, -0.1) is 0 Å². The molecule has 1 saturated heterocycles. The second-order valence-corrected chi connectivity index (χ2v) is 6.67. The average Bonchev–Trinajstić information content (AvgIpc) is 3.32. The second-order valence-electron chi connectivity index (χ2n) is 6.67. The fraction of sp³-hybridized carbons (Fsp3) is 0.938. The van der Waals surface area contributed by atoms with E-state index in [-0.39, 0.29) is 11.9 Å². The van der Waals surface area contributed by atoms with E-state index in [2.05, 4.69) is 22.5 Å². The Bertz CT molecular complexity index is 351. The Hall–Kier alpha value is -0.650. The molecule has 5 nitrogen and oxygen atoms in total. The Morgan fingerprint density at radius 1 is 1.14 bits per heavy atom. The first-order chi connectivity index (χ1) is 10.3. The van der Waals surface area contributed by atoms with Gasteiger partial charge >= 0.3 is 0 Å². The van der Waals surface area contributed by atoms with Gasteiger partial charge in [0.2, 0.25) is 5.91 Å². The number of amides is 1. The van der Waals surface area contributed by atoms with E-state index in [9.17, 15) is 4.79 Å². The van der Waals surface area contributed by atoms with Crippen LogP contribution in [0.5, 0.6) is 0 Å². The Balaban J connectivity index is 1.55. The van der Waals surface area contributed by atoms with Gasteiger partial charge in [0.1, 0.15) is 6.04 Å². The summed E-state index contributed by atoms with van der Waals surface area (Å²) in [6, 6.07) is 1.59. The summed E-state index contributed by atoms with van der Waals surface area (Å²) in [5.41, 5.74) is 0. The number of nitrogens with zero attached hydrogens (tertiary/aromatic N) is 1. The summed E-state index contributed by atoms with van der Waals surface area (Å²) in [5.74, 6) is 0.186. The highest BCUT2D eigenvalue weighted by molar-refractivity contribution is 5.82. The van der Waals surface area contributed by atoms with Gasteiger partial charge in [-0.2, -0.15) is 0 Å². The van der Waals surface area contributed by atoms with Crippen LogP contribution in [0.25, 0.3) is 0 Å². The monoisotopic (exact) mass is 295 g/mol. The van der Waals surface area contributed by atoms with Crippen molar-refractivity contribution >= 4 is 5.91 Å². The molecule has 2 N–H and O–H groups in total. The number of carbonyl (C=O) groups is 1. The lowest BCUT2D eigenvalue weighted by atomic mass is 9.89. The van der Waals surface area contributed by atoms with Crippen LogP contribution in [0.3, 0.4) is 0 Å². The summed E-state index contributed by atoms with van der Waals surface area (Å²) in [5, 5.41) is 6.70. The molecule has 2 aliphatic carbocycles. The molecule has 3 rings (SSSR count). The molecule has 1 heterocycles. The molecule has 5 heteroatoms.